The van der Waals surface area contributed by atoms with E-state index in [-0.39, 0.29) is 10.9 Å². The Morgan fingerprint density at radius 1 is 1.00 bits per heavy atom. The predicted molar refractivity (Wildman–Crippen MR) is 119 cm³/mol. The van der Waals surface area contributed by atoms with Crippen LogP contribution in [0.25, 0.3) is 21.5 Å². The number of fused-ring (bicyclic) bond motifs is 1. The zero-order chi connectivity index (χ0) is 19.8. The van der Waals surface area contributed by atoms with Crippen molar-refractivity contribution in [2.75, 3.05) is 11.1 Å². The van der Waals surface area contributed by atoms with Crippen LogP contribution in [-0.2, 0) is 0 Å². The molecule has 0 bridgehead atoms. The van der Waals surface area contributed by atoms with E-state index in [1.54, 1.807) is 30.3 Å². The maximum Gasteiger partial charge on any atom is 0.267 e. The number of pyridine rings is 1. The zero-order valence-electron chi connectivity index (χ0n) is 14.2. The molecule has 0 spiro atoms. The minimum absolute atomic E-state index is 0.278. The Kier molecular flexibility index (Phi) is 5.17. The molecule has 0 aliphatic rings. The number of halogens is 3. The van der Waals surface area contributed by atoms with Gasteiger partial charge in [0.1, 0.15) is 9.71 Å². The number of amides is 1. The van der Waals surface area contributed by atoms with Crippen molar-refractivity contribution in [3.05, 3.63) is 74.5 Å². The van der Waals surface area contributed by atoms with Crippen LogP contribution in [0.4, 0.5) is 11.4 Å². The van der Waals surface area contributed by atoms with Crippen LogP contribution in [-0.4, -0.2) is 10.9 Å². The summed E-state index contributed by atoms with van der Waals surface area (Å²) in [4.78, 5) is 18.4. The summed E-state index contributed by atoms with van der Waals surface area (Å²) < 4.78 is 0. The van der Waals surface area contributed by atoms with Crippen LogP contribution in [0.1, 0.15) is 9.67 Å². The predicted octanol–water partition coefficient (Wildman–Crippen LogP) is 6.76. The van der Waals surface area contributed by atoms with E-state index in [2.05, 4.69) is 10.3 Å². The number of benzene rings is 2. The van der Waals surface area contributed by atoms with Crippen LogP contribution in [0.5, 0.6) is 0 Å². The third-order valence-corrected chi connectivity index (χ3v) is 6.32. The fourth-order valence-electron chi connectivity index (χ4n) is 2.73. The molecule has 2 heterocycles. The van der Waals surface area contributed by atoms with Crippen LogP contribution in [0, 0.1) is 0 Å². The molecular formula is C20H12Cl3N3OS. The molecule has 0 radical (unpaired) electrons. The minimum atomic E-state index is -0.363. The lowest BCUT2D eigenvalue weighted by Gasteiger charge is -2.07. The lowest BCUT2D eigenvalue weighted by atomic mass is 10.1. The van der Waals surface area contributed by atoms with Gasteiger partial charge in [-0.15, -0.1) is 11.3 Å². The number of carbonyl (C=O) groups excluding carboxylic acids is 1. The number of hydrogen-bond acceptors (Lipinski definition) is 4. The van der Waals surface area contributed by atoms with Crippen LogP contribution in [0.3, 0.4) is 0 Å². The second kappa shape index (κ2) is 7.60. The maximum absolute atomic E-state index is 12.7. The standard InChI is InChI=1S/C20H12Cl3N3OS/c21-11-6-4-10(5-7-11)14-9-8-12-17(24)18(28-20(12)26-14)19(27)25-15-3-1-2-13(22)16(15)23/h1-9H,24H2,(H,25,27). The Bertz CT molecular complexity index is 1210. The lowest BCUT2D eigenvalue weighted by Crippen LogP contribution is -2.12. The Labute approximate surface area is 179 Å². The van der Waals surface area contributed by atoms with Gasteiger partial charge in [0.05, 0.1) is 27.1 Å². The van der Waals surface area contributed by atoms with E-state index in [0.717, 1.165) is 16.6 Å². The molecule has 28 heavy (non-hydrogen) atoms. The van der Waals surface area contributed by atoms with Gasteiger partial charge in [0, 0.05) is 16.0 Å². The summed E-state index contributed by atoms with van der Waals surface area (Å²) >= 11 is 19.3. The lowest BCUT2D eigenvalue weighted by molar-refractivity contribution is 0.103. The van der Waals surface area contributed by atoms with Crippen LogP contribution in [0.15, 0.2) is 54.6 Å². The topological polar surface area (TPSA) is 68.0 Å². The molecule has 0 saturated carbocycles. The minimum Gasteiger partial charge on any atom is -0.397 e. The number of rotatable bonds is 3. The average molecular weight is 449 g/mol. The summed E-state index contributed by atoms with van der Waals surface area (Å²) in [5, 5.41) is 4.77. The van der Waals surface area contributed by atoms with Gasteiger partial charge in [0.25, 0.3) is 5.91 Å². The summed E-state index contributed by atoms with van der Waals surface area (Å²) in [6.07, 6.45) is 0. The molecule has 8 heteroatoms. The molecule has 4 rings (SSSR count). The van der Waals surface area contributed by atoms with Crippen molar-refractivity contribution >= 4 is 73.6 Å². The summed E-state index contributed by atoms with van der Waals surface area (Å²) in [5.74, 6) is -0.363. The zero-order valence-corrected chi connectivity index (χ0v) is 17.3. The van der Waals surface area contributed by atoms with E-state index in [1.807, 2.05) is 24.3 Å². The van der Waals surface area contributed by atoms with Crippen LogP contribution >= 0.6 is 46.1 Å². The van der Waals surface area contributed by atoms with Crippen molar-refractivity contribution in [2.24, 2.45) is 0 Å². The fraction of sp³-hybridized carbons (Fsp3) is 0. The molecule has 1 amide bonds. The maximum atomic E-state index is 12.7. The SMILES string of the molecule is Nc1c(C(=O)Nc2cccc(Cl)c2Cl)sc2nc(-c3ccc(Cl)cc3)ccc12. The molecule has 0 saturated heterocycles. The second-order valence-corrected chi connectivity index (χ2v) is 8.18. The van der Waals surface area contributed by atoms with Gasteiger partial charge in [0.2, 0.25) is 0 Å². The second-order valence-electron chi connectivity index (χ2n) is 5.96. The van der Waals surface area contributed by atoms with Crippen molar-refractivity contribution in [1.29, 1.82) is 0 Å². The molecule has 140 valence electrons. The van der Waals surface area contributed by atoms with Crippen molar-refractivity contribution < 1.29 is 4.79 Å². The third kappa shape index (κ3) is 3.54. The number of carbonyl (C=O) groups is 1. The van der Waals surface area contributed by atoms with Crippen LogP contribution < -0.4 is 11.1 Å². The molecule has 2 aromatic carbocycles. The van der Waals surface area contributed by atoms with E-state index in [1.165, 1.54) is 11.3 Å². The number of nitrogens with one attached hydrogen (secondary N) is 1. The summed E-state index contributed by atoms with van der Waals surface area (Å²) in [6, 6.07) is 16.1. The van der Waals surface area contributed by atoms with Gasteiger partial charge in [0.15, 0.2) is 0 Å². The first-order valence-electron chi connectivity index (χ1n) is 8.14. The highest BCUT2D eigenvalue weighted by molar-refractivity contribution is 7.21. The van der Waals surface area contributed by atoms with E-state index in [9.17, 15) is 4.79 Å². The normalized spacial score (nSPS) is 11.0. The molecule has 3 N–H and O–H groups in total. The van der Waals surface area contributed by atoms with Crippen molar-refractivity contribution in [2.45, 2.75) is 0 Å². The molecule has 0 aliphatic heterocycles. The van der Waals surface area contributed by atoms with Crippen molar-refractivity contribution in [3.63, 3.8) is 0 Å². The van der Waals surface area contributed by atoms with Crippen molar-refractivity contribution in [3.8, 4) is 11.3 Å². The Morgan fingerprint density at radius 2 is 1.75 bits per heavy atom. The Hall–Kier alpha value is -2.31. The summed E-state index contributed by atoms with van der Waals surface area (Å²) in [6.45, 7) is 0. The quantitative estimate of drug-likeness (QED) is 0.364. The number of nitrogens with zero attached hydrogens (tertiary/aromatic N) is 1. The van der Waals surface area contributed by atoms with E-state index in [4.69, 9.17) is 40.5 Å². The largest absolute Gasteiger partial charge is 0.397 e. The highest BCUT2D eigenvalue weighted by Gasteiger charge is 2.19. The number of hydrogen-bond donors (Lipinski definition) is 2. The first-order valence-corrected chi connectivity index (χ1v) is 10.1. The summed E-state index contributed by atoms with van der Waals surface area (Å²) in [7, 11) is 0. The van der Waals surface area contributed by atoms with E-state index >= 15 is 0 Å². The first-order chi connectivity index (χ1) is 13.4. The van der Waals surface area contributed by atoms with Gasteiger partial charge in [-0.3, -0.25) is 4.79 Å². The molecule has 0 unspecified atom stereocenters. The Balaban J connectivity index is 1.69. The van der Waals surface area contributed by atoms with Gasteiger partial charge in [-0.25, -0.2) is 4.98 Å². The smallest absolute Gasteiger partial charge is 0.267 e. The number of aromatic nitrogens is 1. The molecule has 4 nitrogen and oxygen atoms in total. The number of nitrogen functional groups attached to an aromatic ring is 1. The number of thiophene rings is 1. The van der Waals surface area contributed by atoms with Gasteiger partial charge in [-0.2, -0.15) is 0 Å². The molecule has 0 aliphatic carbocycles. The highest BCUT2D eigenvalue weighted by Crippen LogP contribution is 2.36. The summed E-state index contributed by atoms with van der Waals surface area (Å²) in [5.41, 5.74) is 8.70. The van der Waals surface area contributed by atoms with Gasteiger partial charge < -0.3 is 11.1 Å². The monoisotopic (exact) mass is 447 g/mol. The van der Waals surface area contributed by atoms with Gasteiger partial charge >= 0.3 is 0 Å². The third-order valence-electron chi connectivity index (χ3n) is 4.14. The number of anilines is 2. The average Bonchev–Trinajstić information content (AvgIpc) is 3.02. The van der Waals surface area contributed by atoms with Crippen LogP contribution in [0.2, 0.25) is 15.1 Å². The van der Waals surface area contributed by atoms with E-state index in [0.29, 0.717) is 31.1 Å². The van der Waals surface area contributed by atoms with Gasteiger partial charge in [-0.05, 0) is 36.4 Å². The number of nitrogens with two attached hydrogens (primary N) is 1. The van der Waals surface area contributed by atoms with E-state index < -0.39 is 0 Å². The molecule has 2 aromatic heterocycles. The van der Waals surface area contributed by atoms with Crippen molar-refractivity contribution in [1.82, 2.24) is 4.98 Å². The first kappa shape index (κ1) is 19.0. The molecule has 0 fully saturated rings. The molecule has 4 aromatic rings. The fourth-order valence-corrected chi connectivity index (χ4v) is 4.19. The highest BCUT2D eigenvalue weighted by atomic mass is 35.5. The van der Waals surface area contributed by atoms with Gasteiger partial charge in [-0.1, -0.05) is 53.0 Å². The molecule has 0 atom stereocenters. The molecular weight excluding hydrogens is 437 g/mol. The Morgan fingerprint density at radius 3 is 2.50 bits per heavy atom.